The number of benzene rings is 2. The second kappa shape index (κ2) is 9.29. The van der Waals surface area contributed by atoms with Crippen LogP contribution >= 0.6 is 11.8 Å². The Morgan fingerprint density at radius 2 is 1.54 bits per heavy atom. The smallest absolute Gasteiger partial charge is 0.276 e. The summed E-state index contributed by atoms with van der Waals surface area (Å²) < 4.78 is 5.45. The molecule has 5 nitrogen and oxygen atoms in total. The van der Waals surface area contributed by atoms with Crippen LogP contribution in [-0.4, -0.2) is 24.2 Å². The Bertz CT molecular complexity index is 785. The predicted molar refractivity (Wildman–Crippen MR) is 104 cm³/mol. The fourth-order valence-electron chi connectivity index (χ4n) is 2.33. The fraction of sp³-hybridized carbons (Fsp3) is 0.300. The number of hydrazine groups is 1. The molecule has 0 fully saturated rings. The van der Waals surface area contributed by atoms with Crippen LogP contribution < -0.4 is 15.6 Å². The Morgan fingerprint density at radius 1 is 0.885 bits per heavy atom. The number of hydrogen-bond acceptors (Lipinski definition) is 4. The number of carbonyl (C=O) groups is 2. The third kappa shape index (κ3) is 6.44. The molecule has 138 valence electrons. The van der Waals surface area contributed by atoms with E-state index in [1.165, 1.54) is 22.9 Å². The van der Waals surface area contributed by atoms with Gasteiger partial charge in [-0.25, -0.2) is 0 Å². The van der Waals surface area contributed by atoms with Gasteiger partial charge in [-0.3, -0.25) is 20.4 Å². The average molecular weight is 372 g/mol. The summed E-state index contributed by atoms with van der Waals surface area (Å²) in [4.78, 5) is 24.7. The lowest BCUT2D eigenvalue weighted by molar-refractivity contribution is -0.128. The van der Waals surface area contributed by atoms with Gasteiger partial charge in [0.2, 0.25) is 5.91 Å². The number of carbonyl (C=O) groups excluding carboxylic acids is 2. The van der Waals surface area contributed by atoms with Gasteiger partial charge in [-0.2, -0.15) is 0 Å². The minimum Gasteiger partial charge on any atom is -0.484 e. The van der Waals surface area contributed by atoms with E-state index in [0.29, 0.717) is 5.75 Å². The third-order valence-electron chi connectivity index (χ3n) is 3.75. The van der Waals surface area contributed by atoms with Crippen LogP contribution in [0.3, 0.4) is 0 Å². The third-order valence-corrected chi connectivity index (χ3v) is 4.75. The zero-order valence-corrected chi connectivity index (χ0v) is 16.3. The van der Waals surface area contributed by atoms with Crippen molar-refractivity contribution in [1.82, 2.24) is 10.9 Å². The van der Waals surface area contributed by atoms with Crippen LogP contribution in [0.2, 0.25) is 0 Å². The predicted octanol–water partition coefficient (Wildman–Crippen LogP) is 3.24. The van der Waals surface area contributed by atoms with Crippen LogP contribution in [0.1, 0.15) is 22.3 Å². The maximum absolute atomic E-state index is 11.8. The maximum atomic E-state index is 11.8. The Hall–Kier alpha value is -2.47. The Kier molecular flexibility index (Phi) is 7.09. The first-order valence-corrected chi connectivity index (χ1v) is 9.31. The van der Waals surface area contributed by atoms with Crippen molar-refractivity contribution < 1.29 is 14.3 Å². The molecular formula is C20H24N2O3S. The quantitative estimate of drug-likeness (QED) is 0.603. The number of aryl methyl sites for hydroxylation is 4. The van der Waals surface area contributed by atoms with Crippen LogP contribution in [0.15, 0.2) is 41.3 Å². The van der Waals surface area contributed by atoms with E-state index in [2.05, 4.69) is 10.9 Å². The summed E-state index contributed by atoms with van der Waals surface area (Å²) in [6, 6.07) is 11.8. The highest BCUT2D eigenvalue weighted by atomic mass is 32.2. The van der Waals surface area contributed by atoms with Crippen molar-refractivity contribution in [3.8, 4) is 5.75 Å². The minimum atomic E-state index is -0.409. The lowest BCUT2D eigenvalue weighted by Gasteiger charge is -2.10. The van der Waals surface area contributed by atoms with E-state index < -0.39 is 5.91 Å². The second-order valence-electron chi connectivity index (χ2n) is 6.24. The first kappa shape index (κ1) is 19.8. The minimum absolute atomic E-state index is 0.159. The molecule has 26 heavy (non-hydrogen) atoms. The topological polar surface area (TPSA) is 67.4 Å². The Morgan fingerprint density at radius 3 is 2.19 bits per heavy atom. The number of thioether (sulfide) groups is 1. The second-order valence-corrected chi connectivity index (χ2v) is 7.29. The highest BCUT2D eigenvalue weighted by Crippen LogP contribution is 2.20. The molecule has 2 aromatic rings. The van der Waals surface area contributed by atoms with Crippen LogP contribution in [0.5, 0.6) is 5.75 Å². The summed E-state index contributed by atoms with van der Waals surface area (Å²) in [6.07, 6.45) is 0. The molecule has 2 rings (SSSR count). The van der Waals surface area contributed by atoms with Gasteiger partial charge in [0.15, 0.2) is 6.61 Å². The fourth-order valence-corrected chi connectivity index (χ4v) is 3.12. The van der Waals surface area contributed by atoms with Gasteiger partial charge < -0.3 is 4.74 Å². The molecule has 2 amide bonds. The molecule has 0 saturated heterocycles. The summed E-state index contributed by atoms with van der Waals surface area (Å²) in [7, 11) is 0. The standard InChI is InChI=1S/C20H24N2O3S/c1-13-7-14(2)9-17(8-13)25-11-19(23)21-22-20(24)12-26-18-6-5-15(3)16(4)10-18/h5-10H,11-12H2,1-4H3,(H,21,23)(H,22,24). The molecule has 0 aromatic heterocycles. The summed E-state index contributed by atoms with van der Waals surface area (Å²) in [5.74, 6) is 0.178. The molecule has 2 N–H and O–H groups in total. The number of rotatable bonds is 6. The normalized spacial score (nSPS) is 10.3. The average Bonchev–Trinajstić information content (AvgIpc) is 2.58. The molecule has 0 aliphatic heterocycles. The molecule has 0 unspecified atom stereocenters. The van der Waals surface area contributed by atoms with Crippen LogP contribution in [0.4, 0.5) is 0 Å². The monoisotopic (exact) mass is 372 g/mol. The molecule has 0 saturated carbocycles. The highest BCUT2D eigenvalue weighted by Gasteiger charge is 2.07. The van der Waals surface area contributed by atoms with Gasteiger partial charge in [-0.05, 0) is 74.2 Å². The summed E-state index contributed by atoms with van der Waals surface area (Å²) in [6.45, 7) is 7.86. The largest absolute Gasteiger partial charge is 0.484 e. The summed E-state index contributed by atoms with van der Waals surface area (Å²) in [5, 5.41) is 0. The number of hydrogen-bond donors (Lipinski definition) is 2. The number of ether oxygens (including phenoxy) is 1. The lowest BCUT2D eigenvalue weighted by Crippen LogP contribution is -2.44. The molecule has 0 heterocycles. The first-order chi connectivity index (χ1) is 12.3. The zero-order valence-electron chi connectivity index (χ0n) is 15.5. The molecule has 0 bridgehead atoms. The van der Waals surface area contributed by atoms with Crippen molar-refractivity contribution in [2.75, 3.05) is 12.4 Å². The van der Waals surface area contributed by atoms with Crippen LogP contribution in [-0.2, 0) is 9.59 Å². The van der Waals surface area contributed by atoms with E-state index in [0.717, 1.165) is 16.0 Å². The van der Waals surface area contributed by atoms with Crippen LogP contribution in [0.25, 0.3) is 0 Å². The Labute approximate surface area is 158 Å². The van der Waals surface area contributed by atoms with E-state index in [4.69, 9.17) is 4.74 Å². The van der Waals surface area contributed by atoms with Crippen molar-refractivity contribution in [3.05, 3.63) is 58.7 Å². The molecule has 6 heteroatoms. The van der Waals surface area contributed by atoms with Crippen molar-refractivity contribution in [1.29, 1.82) is 0 Å². The molecular weight excluding hydrogens is 348 g/mol. The first-order valence-electron chi connectivity index (χ1n) is 8.32. The molecule has 0 atom stereocenters. The number of nitrogens with one attached hydrogen (secondary N) is 2. The van der Waals surface area contributed by atoms with E-state index in [1.807, 2.05) is 64.1 Å². The van der Waals surface area contributed by atoms with Gasteiger partial charge >= 0.3 is 0 Å². The van der Waals surface area contributed by atoms with Gasteiger partial charge in [0.25, 0.3) is 5.91 Å². The van der Waals surface area contributed by atoms with Crippen LogP contribution in [0, 0.1) is 27.7 Å². The van der Waals surface area contributed by atoms with E-state index in [9.17, 15) is 9.59 Å². The zero-order chi connectivity index (χ0) is 19.1. The van der Waals surface area contributed by atoms with Gasteiger partial charge in [0, 0.05) is 4.90 Å². The lowest BCUT2D eigenvalue weighted by atomic mass is 10.1. The summed E-state index contributed by atoms with van der Waals surface area (Å²) in [5.41, 5.74) is 9.30. The molecule has 0 spiro atoms. The van der Waals surface area contributed by atoms with Gasteiger partial charge in [0.1, 0.15) is 5.75 Å². The van der Waals surface area contributed by atoms with Gasteiger partial charge in [0.05, 0.1) is 5.75 Å². The van der Waals surface area contributed by atoms with E-state index in [-0.39, 0.29) is 18.3 Å². The van der Waals surface area contributed by atoms with E-state index in [1.54, 1.807) is 0 Å². The molecule has 0 radical (unpaired) electrons. The van der Waals surface area contributed by atoms with Crippen molar-refractivity contribution in [2.24, 2.45) is 0 Å². The highest BCUT2D eigenvalue weighted by molar-refractivity contribution is 8.00. The molecule has 0 aliphatic carbocycles. The van der Waals surface area contributed by atoms with Crippen molar-refractivity contribution >= 4 is 23.6 Å². The van der Waals surface area contributed by atoms with E-state index >= 15 is 0 Å². The SMILES string of the molecule is Cc1cc(C)cc(OCC(=O)NNC(=O)CSc2ccc(C)c(C)c2)c1. The summed E-state index contributed by atoms with van der Waals surface area (Å²) >= 11 is 1.42. The molecule has 0 aliphatic rings. The van der Waals surface area contributed by atoms with Gasteiger partial charge in [-0.15, -0.1) is 11.8 Å². The number of amides is 2. The van der Waals surface area contributed by atoms with Crippen molar-refractivity contribution in [3.63, 3.8) is 0 Å². The van der Waals surface area contributed by atoms with Gasteiger partial charge in [-0.1, -0.05) is 12.1 Å². The Balaban J connectivity index is 1.71. The maximum Gasteiger partial charge on any atom is 0.276 e. The van der Waals surface area contributed by atoms with Crippen molar-refractivity contribution in [2.45, 2.75) is 32.6 Å². The molecule has 2 aromatic carbocycles.